The fourth-order valence-electron chi connectivity index (χ4n) is 6.53. The molecule has 0 saturated heterocycles. The van der Waals surface area contributed by atoms with E-state index in [9.17, 15) is 4.79 Å². The summed E-state index contributed by atoms with van der Waals surface area (Å²) >= 11 is 4.05. The maximum Gasteiger partial charge on any atom is 0.224 e. The molecule has 148 valence electrons. The Kier molecular flexibility index (Phi) is 4.38. The minimum absolute atomic E-state index is 0.146. The SMILES string of the molecule is CCn1cnnc1-c1cccc(NC(=O)CC23CC4CC(CC(Br)(C4)C2)C3)c1. The van der Waals surface area contributed by atoms with Gasteiger partial charge in [-0.25, -0.2) is 0 Å². The van der Waals surface area contributed by atoms with Crippen molar-refractivity contribution in [3.05, 3.63) is 30.6 Å². The van der Waals surface area contributed by atoms with Gasteiger partial charge in [0.05, 0.1) is 0 Å². The summed E-state index contributed by atoms with van der Waals surface area (Å²) in [5.74, 6) is 2.59. The summed E-state index contributed by atoms with van der Waals surface area (Å²) in [7, 11) is 0. The number of aromatic nitrogens is 3. The van der Waals surface area contributed by atoms with Crippen molar-refractivity contribution < 1.29 is 4.79 Å². The molecular weight excluding hydrogens is 416 g/mol. The highest BCUT2D eigenvalue weighted by Crippen LogP contribution is 2.65. The number of carbonyl (C=O) groups excluding carboxylic acids is 1. The second-order valence-electron chi connectivity index (χ2n) is 9.36. The van der Waals surface area contributed by atoms with Crippen molar-refractivity contribution in [3.63, 3.8) is 0 Å². The molecule has 4 aliphatic rings. The standard InChI is InChI=1S/C22H27BrN4O/c1-2-27-14-24-26-20(27)17-4-3-5-18(7-17)25-19(28)12-21-8-15-6-16(9-21)11-22(23,10-15)13-21/h3-5,7,14-16H,2,6,8-13H2,1H3,(H,25,28). The zero-order chi connectivity index (χ0) is 19.4. The van der Waals surface area contributed by atoms with Crippen LogP contribution in [-0.4, -0.2) is 25.0 Å². The maximum atomic E-state index is 13.0. The highest BCUT2D eigenvalue weighted by Gasteiger charge is 2.57. The normalized spacial score (nSPS) is 33.2. The number of rotatable bonds is 5. The number of amides is 1. The van der Waals surface area contributed by atoms with Crippen molar-refractivity contribution >= 4 is 27.5 Å². The Labute approximate surface area is 174 Å². The zero-order valence-electron chi connectivity index (χ0n) is 16.3. The van der Waals surface area contributed by atoms with Crippen LogP contribution in [0.1, 0.15) is 51.9 Å². The maximum absolute atomic E-state index is 13.0. The molecule has 1 aromatic carbocycles. The van der Waals surface area contributed by atoms with E-state index in [1.54, 1.807) is 6.33 Å². The molecule has 0 aliphatic heterocycles. The number of nitrogens with one attached hydrogen (secondary N) is 1. The summed E-state index contributed by atoms with van der Waals surface area (Å²) in [4.78, 5) is 13.0. The number of hydrogen-bond acceptors (Lipinski definition) is 3. The topological polar surface area (TPSA) is 59.8 Å². The van der Waals surface area contributed by atoms with Gasteiger partial charge in [0.1, 0.15) is 6.33 Å². The van der Waals surface area contributed by atoms with E-state index in [-0.39, 0.29) is 11.3 Å². The molecule has 6 heteroatoms. The molecule has 0 spiro atoms. The number of carbonyl (C=O) groups is 1. The molecular formula is C22H27BrN4O. The van der Waals surface area contributed by atoms with E-state index in [4.69, 9.17) is 0 Å². The van der Waals surface area contributed by atoms with E-state index in [0.29, 0.717) is 10.7 Å². The van der Waals surface area contributed by atoms with Crippen LogP contribution in [0.25, 0.3) is 11.4 Å². The van der Waals surface area contributed by atoms with Crippen molar-refractivity contribution in [2.75, 3.05) is 5.32 Å². The van der Waals surface area contributed by atoms with Crippen LogP contribution in [0.3, 0.4) is 0 Å². The average Bonchev–Trinajstić information content (AvgIpc) is 3.08. The van der Waals surface area contributed by atoms with Gasteiger partial charge in [-0.3, -0.25) is 4.79 Å². The van der Waals surface area contributed by atoms with Crippen LogP contribution in [-0.2, 0) is 11.3 Å². The number of aryl methyl sites for hydroxylation is 1. The third kappa shape index (κ3) is 3.30. The van der Waals surface area contributed by atoms with Gasteiger partial charge >= 0.3 is 0 Å². The number of anilines is 1. The number of hydrogen-bond donors (Lipinski definition) is 1. The number of alkyl halides is 1. The van der Waals surface area contributed by atoms with Crippen molar-refractivity contribution in [2.45, 2.75) is 62.7 Å². The molecule has 2 aromatic rings. The van der Waals surface area contributed by atoms with Crippen LogP contribution in [0.15, 0.2) is 30.6 Å². The van der Waals surface area contributed by atoms with E-state index >= 15 is 0 Å². The van der Waals surface area contributed by atoms with Crippen molar-refractivity contribution in [3.8, 4) is 11.4 Å². The van der Waals surface area contributed by atoms with Gasteiger partial charge in [-0.2, -0.15) is 0 Å². The first-order valence-electron chi connectivity index (χ1n) is 10.4. The molecule has 1 heterocycles. The Bertz CT molecular complexity index is 893. The summed E-state index contributed by atoms with van der Waals surface area (Å²) in [6.07, 6.45) is 9.96. The second-order valence-corrected chi connectivity index (χ2v) is 11.0. The Morgan fingerprint density at radius 2 is 2.07 bits per heavy atom. The molecule has 6 rings (SSSR count). The molecule has 1 N–H and O–H groups in total. The van der Waals surface area contributed by atoms with Crippen LogP contribution >= 0.6 is 15.9 Å². The van der Waals surface area contributed by atoms with Gasteiger partial charge < -0.3 is 9.88 Å². The minimum Gasteiger partial charge on any atom is -0.326 e. The van der Waals surface area contributed by atoms with E-state index in [1.807, 2.05) is 28.8 Å². The molecule has 4 aliphatic carbocycles. The quantitative estimate of drug-likeness (QED) is 0.660. The van der Waals surface area contributed by atoms with Crippen molar-refractivity contribution in [1.82, 2.24) is 14.8 Å². The predicted octanol–water partition coefficient (Wildman–Crippen LogP) is 5.03. The average molecular weight is 443 g/mol. The van der Waals surface area contributed by atoms with Gasteiger partial charge in [0.15, 0.2) is 5.82 Å². The molecule has 28 heavy (non-hydrogen) atoms. The lowest BCUT2D eigenvalue weighted by atomic mass is 9.48. The molecule has 4 fully saturated rings. The van der Waals surface area contributed by atoms with E-state index < -0.39 is 0 Å². The highest BCUT2D eigenvalue weighted by molar-refractivity contribution is 9.10. The van der Waals surface area contributed by atoms with Gasteiger partial charge in [0.2, 0.25) is 5.91 Å². The lowest BCUT2D eigenvalue weighted by molar-refractivity contribution is -0.123. The van der Waals surface area contributed by atoms with Crippen LogP contribution in [0, 0.1) is 17.3 Å². The summed E-state index contributed by atoms with van der Waals surface area (Å²) in [5, 5.41) is 11.4. The number of halogens is 1. The first kappa shape index (κ1) is 18.3. The van der Waals surface area contributed by atoms with Gasteiger partial charge in [-0.15, -0.1) is 10.2 Å². The van der Waals surface area contributed by atoms with Crippen LogP contribution < -0.4 is 5.32 Å². The number of benzene rings is 1. The Morgan fingerprint density at radius 1 is 1.29 bits per heavy atom. The number of nitrogens with zero attached hydrogens (tertiary/aromatic N) is 3. The van der Waals surface area contributed by atoms with Gasteiger partial charge in [-0.05, 0) is 74.8 Å². The fourth-order valence-corrected chi connectivity index (χ4v) is 8.04. The smallest absolute Gasteiger partial charge is 0.224 e. The van der Waals surface area contributed by atoms with Crippen LogP contribution in [0.4, 0.5) is 5.69 Å². The fraction of sp³-hybridized carbons (Fsp3) is 0.591. The molecule has 1 amide bonds. The summed E-state index contributed by atoms with van der Waals surface area (Å²) in [6, 6.07) is 7.94. The Morgan fingerprint density at radius 3 is 2.79 bits per heavy atom. The molecule has 0 radical (unpaired) electrons. The Hall–Kier alpha value is -1.69. The van der Waals surface area contributed by atoms with Crippen molar-refractivity contribution in [1.29, 1.82) is 0 Å². The zero-order valence-corrected chi connectivity index (χ0v) is 17.9. The van der Waals surface area contributed by atoms with Gasteiger partial charge in [0, 0.05) is 28.5 Å². The van der Waals surface area contributed by atoms with E-state index in [0.717, 1.165) is 41.9 Å². The third-order valence-corrected chi connectivity index (χ3v) is 7.94. The molecule has 1 aromatic heterocycles. The monoisotopic (exact) mass is 442 g/mol. The lowest BCUT2D eigenvalue weighted by Crippen LogP contribution is -2.53. The third-order valence-electron chi connectivity index (χ3n) is 7.01. The molecule has 4 saturated carbocycles. The van der Waals surface area contributed by atoms with Gasteiger partial charge in [0.25, 0.3) is 0 Å². The highest BCUT2D eigenvalue weighted by atomic mass is 79.9. The summed E-state index contributed by atoms with van der Waals surface area (Å²) in [6.45, 7) is 2.89. The summed E-state index contributed by atoms with van der Waals surface area (Å²) < 4.78 is 2.30. The van der Waals surface area contributed by atoms with E-state index in [2.05, 4.69) is 38.4 Å². The van der Waals surface area contributed by atoms with Crippen molar-refractivity contribution in [2.24, 2.45) is 17.3 Å². The molecule has 4 bridgehead atoms. The Balaban J connectivity index is 1.31. The summed E-state index contributed by atoms with van der Waals surface area (Å²) in [5.41, 5.74) is 2.01. The minimum atomic E-state index is 0.146. The molecule has 5 nitrogen and oxygen atoms in total. The largest absolute Gasteiger partial charge is 0.326 e. The molecule has 2 atom stereocenters. The van der Waals surface area contributed by atoms with E-state index in [1.165, 1.54) is 32.1 Å². The first-order valence-corrected chi connectivity index (χ1v) is 11.2. The first-order chi connectivity index (χ1) is 13.5. The lowest BCUT2D eigenvalue weighted by Gasteiger charge is -2.60. The predicted molar refractivity (Wildman–Crippen MR) is 113 cm³/mol. The van der Waals surface area contributed by atoms with Crippen LogP contribution in [0.5, 0.6) is 0 Å². The second kappa shape index (κ2) is 6.68. The molecule has 2 unspecified atom stereocenters. The van der Waals surface area contributed by atoms with Gasteiger partial charge in [-0.1, -0.05) is 28.1 Å². The van der Waals surface area contributed by atoms with Crippen LogP contribution in [0.2, 0.25) is 0 Å².